The molecule has 0 spiro atoms. The van der Waals surface area contributed by atoms with Crippen LogP contribution in [0.5, 0.6) is 0 Å². The molecule has 0 saturated carbocycles. The Bertz CT molecular complexity index is 938. The van der Waals surface area contributed by atoms with Crippen LogP contribution in [0.1, 0.15) is 25.6 Å². The molecular weight excluding hydrogens is 306 g/mol. The van der Waals surface area contributed by atoms with Crippen molar-refractivity contribution in [2.45, 2.75) is 32.4 Å². The van der Waals surface area contributed by atoms with Crippen LogP contribution in [0.4, 0.5) is 5.95 Å². The molecule has 1 aliphatic heterocycles. The topological polar surface area (TPSA) is 106 Å². The Labute approximate surface area is 139 Å². The minimum absolute atomic E-state index is 0.0422. The molecule has 24 heavy (non-hydrogen) atoms. The Balaban J connectivity index is 2.24. The molecule has 0 bridgehead atoms. The lowest BCUT2D eigenvalue weighted by molar-refractivity contribution is 0.496. The van der Waals surface area contributed by atoms with Gasteiger partial charge in [0.1, 0.15) is 6.07 Å². The molecule has 1 atom stereocenters. The number of anilines is 1. The zero-order chi connectivity index (χ0) is 17.3. The second kappa shape index (κ2) is 6.34. The molecule has 0 aliphatic carbocycles. The number of rotatable bonds is 2. The molecule has 1 fully saturated rings. The third kappa shape index (κ3) is 2.61. The van der Waals surface area contributed by atoms with Crippen LogP contribution in [0.15, 0.2) is 4.79 Å². The minimum atomic E-state index is -0.297. The van der Waals surface area contributed by atoms with E-state index in [0.717, 1.165) is 19.4 Å². The first kappa shape index (κ1) is 16.0. The molecule has 2 aromatic heterocycles. The lowest BCUT2D eigenvalue weighted by atomic mass is 10.1. The number of imidazole rings is 1. The van der Waals surface area contributed by atoms with E-state index in [1.165, 1.54) is 11.6 Å². The molecule has 8 nitrogen and oxygen atoms in total. The quantitative estimate of drug-likeness (QED) is 0.776. The highest BCUT2D eigenvalue weighted by atomic mass is 16.1. The highest BCUT2D eigenvalue weighted by Gasteiger charge is 2.25. The van der Waals surface area contributed by atoms with E-state index in [1.807, 2.05) is 6.07 Å². The lowest BCUT2D eigenvalue weighted by Gasteiger charge is -2.31. The molecule has 1 aliphatic rings. The van der Waals surface area contributed by atoms with Crippen LogP contribution < -0.4 is 16.2 Å². The molecule has 2 aromatic rings. The fraction of sp³-hybridized carbons (Fsp3) is 0.500. The Morgan fingerprint density at radius 1 is 1.42 bits per heavy atom. The van der Waals surface area contributed by atoms with Gasteiger partial charge in [-0.05, 0) is 19.8 Å². The highest BCUT2D eigenvalue weighted by molar-refractivity contribution is 5.74. The number of piperidine rings is 1. The normalized spacial score (nSPS) is 17.4. The minimum Gasteiger partial charge on any atom is -0.341 e. The Kier molecular flexibility index (Phi) is 4.24. The summed E-state index contributed by atoms with van der Waals surface area (Å²) in [5.41, 5.74) is 6.43. The van der Waals surface area contributed by atoms with E-state index in [4.69, 9.17) is 11.0 Å². The van der Waals surface area contributed by atoms with Gasteiger partial charge in [0.2, 0.25) is 11.8 Å². The maximum atomic E-state index is 12.7. The standard InChI is InChI=1S/C16H19N7O/c1-3-4-8-23-13-14(19-12(9-17)21(2)15(13)24)20-16(23)22-7-5-6-11(18)10-22/h11H,5-8,10,18H2,1-2H3. The fourth-order valence-electron chi connectivity index (χ4n) is 2.99. The molecule has 0 radical (unpaired) electrons. The van der Waals surface area contributed by atoms with E-state index in [-0.39, 0.29) is 23.1 Å². The zero-order valence-corrected chi connectivity index (χ0v) is 13.8. The Morgan fingerprint density at radius 3 is 2.88 bits per heavy atom. The van der Waals surface area contributed by atoms with Crippen LogP contribution in [0, 0.1) is 23.2 Å². The van der Waals surface area contributed by atoms with Crippen molar-refractivity contribution in [2.75, 3.05) is 18.0 Å². The first-order valence-corrected chi connectivity index (χ1v) is 7.84. The van der Waals surface area contributed by atoms with Crippen molar-refractivity contribution in [3.05, 3.63) is 16.2 Å². The lowest BCUT2D eigenvalue weighted by Crippen LogP contribution is -2.44. The van der Waals surface area contributed by atoms with Gasteiger partial charge in [-0.3, -0.25) is 13.9 Å². The van der Waals surface area contributed by atoms with Crippen molar-refractivity contribution < 1.29 is 0 Å². The molecule has 0 amide bonds. The van der Waals surface area contributed by atoms with E-state index in [1.54, 1.807) is 11.5 Å². The van der Waals surface area contributed by atoms with Crippen molar-refractivity contribution in [1.29, 1.82) is 5.26 Å². The number of hydrogen-bond donors (Lipinski definition) is 1. The summed E-state index contributed by atoms with van der Waals surface area (Å²) in [4.78, 5) is 23.5. The van der Waals surface area contributed by atoms with Gasteiger partial charge >= 0.3 is 0 Å². The summed E-state index contributed by atoms with van der Waals surface area (Å²) in [5, 5.41) is 9.15. The van der Waals surface area contributed by atoms with Crippen LogP contribution in [0.3, 0.4) is 0 Å². The molecule has 1 saturated heterocycles. The van der Waals surface area contributed by atoms with E-state index in [2.05, 4.69) is 26.7 Å². The fourth-order valence-corrected chi connectivity index (χ4v) is 2.99. The summed E-state index contributed by atoms with van der Waals surface area (Å²) >= 11 is 0. The van der Waals surface area contributed by atoms with E-state index < -0.39 is 0 Å². The monoisotopic (exact) mass is 325 g/mol. The smallest absolute Gasteiger partial charge is 0.280 e. The average Bonchev–Trinajstić information content (AvgIpc) is 2.94. The third-order valence-electron chi connectivity index (χ3n) is 4.22. The predicted molar refractivity (Wildman–Crippen MR) is 90.4 cm³/mol. The van der Waals surface area contributed by atoms with Crippen LogP contribution in [-0.4, -0.2) is 38.2 Å². The molecule has 2 N–H and O–H groups in total. The second-order valence-electron chi connectivity index (χ2n) is 5.86. The molecule has 124 valence electrons. The van der Waals surface area contributed by atoms with Crippen molar-refractivity contribution in [3.8, 4) is 17.9 Å². The third-order valence-corrected chi connectivity index (χ3v) is 4.22. The summed E-state index contributed by atoms with van der Waals surface area (Å²) in [5.74, 6) is 6.51. The van der Waals surface area contributed by atoms with Crippen molar-refractivity contribution >= 4 is 17.1 Å². The maximum Gasteiger partial charge on any atom is 0.280 e. The first-order chi connectivity index (χ1) is 11.6. The molecular formula is C16H19N7O. The molecule has 8 heteroatoms. The number of aromatic nitrogens is 4. The molecule has 3 heterocycles. The van der Waals surface area contributed by atoms with Gasteiger partial charge in [0.05, 0.1) is 6.54 Å². The summed E-state index contributed by atoms with van der Waals surface area (Å²) in [6.07, 6.45) is 1.95. The second-order valence-corrected chi connectivity index (χ2v) is 5.86. The Morgan fingerprint density at radius 2 is 2.21 bits per heavy atom. The number of nitrogens with zero attached hydrogens (tertiary/aromatic N) is 6. The van der Waals surface area contributed by atoms with Gasteiger partial charge in [0.25, 0.3) is 5.56 Å². The number of fused-ring (bicyclic) bond motifs is 1. The van der Waals surface area contributed by atoms with Crippen LogP contribution in [0.2, 0.25) is 0 Å². The van der Waals surface area contributed by atoms with Crippen LogP contribution in [0.25, 0.3) is 11.2 Å². The summed E-state index contributed by atoms with van der Waals surface area (Å²) in [6.45, 7) is 3.59. The summed E-state index contributed by atoms with van der Waals surface area (Å²) in [6, 6.07) is 2.01. The van der Waals surface area contributed by atoms with Crippen LogP contribution in [-0.2, 0) is 13.6 Å². The number of hydrogen-bond acceptors (Lipinski definition) is 6. The number of nitrogens with two attached hydrogens (primary N) is 1. The van der Waals surface area contributed by atoms with Crippen LogP contribution >= 0.6 is 0 Å². The van der Waals surface area contributed by atoms with E-state index in [9.17, 15) is 4.79 Å². The van der Waals surface area contributed by atoms with Crippen molar-refractivity contribution in [1.82, 2.24) is 19.1 Å². The summed E-state index contributed by atoms with van der Waals surface area (Å²) < 4.78 is 3.02. The van der Waals surface area contributed by atoms with Gasteiger partial charge in [-0.15, -0.1) is 5.92 Å². The first-order valence-electron chi connectivity index (χ1n) is 7.84. The van der Waals surface area contributed by atoms with Gasteiger partial charge in [0.15, 0.2) is 11.2 Å². The number of nitriles is 1. The largest absolute Gasteiger partial charge is 0.341 e. The van der Waals surface area contributed by atoms with Crippen molar-refractivity contribution in [3.63, 3.8) is 0 Å². The predicted octanol–water partition coefficient (Wildman–Crippen LogP) is -0.0475. The molecule has 3 rings (SSSR count). The van der Waals surface area contributed by atoms with Crippen molar-refractivity contribution in [2.24, 2.45) is 12.8 Å². The van der Waals surface area contributed by atoms with Gasteiger partial charge < -0.3 is 10.6 Å². The SMILES string of the molecule is CC#CCn1c(N2CCCC(N)C2)nc2nc(C#N)n(C)c(=O)c21. The molecule has 0 aromatic carbocycles. The van der Waals surface area contributed by atoms with Gasteiger partial charge in [-0.1, -0.05) is 5.92 Å². The van der Waals surface area contributed by atoms with Gasteiger partial charge in [-0.2, -0.15) is 15.2 Å². The highest BCUT2D eigenvalue weighted by Crippen LogP contribution is 2.22. The van der Waals surface area contributed by atoms with E-state index in [0.29, 0.717) is 24.6 Å². The van der Waals surface area contributed by atoms with E-state index >= 15 is 0 Å². The summed E-state index contributed by atoms with van der Waals surface area (Å²) in [7, 11) is 1.53. The maximum absolute atomic E-state index is 12.7. The molecule has 1 unspecified atom stereocenters. The average molecular weight is 325 g/mol. The van der Waals surface area contributed by atoms with Gasteiger partial charge in [-0.25, -0.2) is 0 Å². The Hall–Kier alpha value is -2.84. The zero-order valence-electron chi connectivity index (χ0n) is 13.8. The van der Waals surface area contributed by atoms with Gasteiger partial charge in [0, 0.05) is 26.2 Å².